The Bertz CT molecular complexity index is 348. The monoisotopic (exact) mass is 303 g/mol. The third-order valence-electron chi connectivity index (χ3n) is 2.92. The van der Waals surface area contributed by atoms with Gasteiger partial charge in [-0.2, -0.15) is 0 Å². The van der Waals surface area contributed by atoms with Gasteiger partial charge in [0.2, 0.25) is 0 Å². The van der Waals surface area contributed by atoms with Gasteiger partial charge in [0.15, 0.2) is 0 Å². The van der Waals surface area contributed by atoms with Crippen molar-refractivity contribution in [1.82, 2.24) is 9.97 Å². The Labute approximate surface area is 109 Å². The molecule has 1 heterocycles. The van der Waals surface area contributed by atoms with E-state index in [1.165, 1.54) is 19.3 Å². The molecular weight excluding hydrogens is 289 g/mol. The van der Waals surface area contributed by atoms with Crippen molar-refractivity contribution in [2.24, 2.45) is 0 Å². The summed E-state index contributed by atoms with van der Waals surface area (Å²) < 4.78 is 0.892. The Hall–Kier alpha value is -0.350. The lowest BCUT2D eigenvalue weighted by Gasteiger charge is -2.22. The van der Waals surface area contributed by atoms with Gasteiger partial charge in [-0.15, -0.1) is 11.6 Å². The summed E-state index contributed by atoms with van der Waals surface area (Å²) in [6, 6.07) is 0.315. The Morgan fingerprint density at radius 1 is 1.31 bits per heavy atom. The fraction of sp³-hybridized carbons (Fsp3) is 0.636. The predicted molar refractivity (Wildman–Crippen MR) is 69.9 cm³/mol. The third kappa shape index (κ3) is 3.08. The first-order valence-electron chi connectivity index (χ1n) is 5.63. The van der Waals surface area contributed by atoms with E-state index in [2.05, 4.69) is 31.2 Å². The van der Waals surface area contributed by atoms with Crippen LogP contribution in [-0.4, -0.2) is 21.4 Å². The van der Waals surface area contributed by atoms with E-state index >= 15 is 0 Å². The van der Waals surface area contributed by atoms with Gasteiger partial charge >= 0.3 is 0 Å². The van der Waals surface area contributed by atoms with Crippen molar-refractivity contribution in [1.29, 1.82) is 0 Å². The van der Waals surface area contributed by atoms with E-state index in [0.717, 1.165) is 23.1 Å². The van der Waals surface area contributed by atoms with Crippen LogP contribution < -0.4 is 5.32 Å². The molecule has 0 saturated heterocycles. The third-order valence-corrected chi connectivity index (χ3v) is 4.02. The van der Waals surface area contributed by atoms with Crippen LogP contribution in [0.2, 0.25) is 0 Å². The maximum Gasteiger partial charge on any atom is 0.144 e. The highest BCUT2D eigenvalue weighted by atomic mass is 79.9. The van der Waals surface area contributed by atoms with E-state index in [1.807, 2.05) is 0 Å². The van der Waals surface area contributed by atoms with Crippen molar-refractivity contribution in [3.8, 4) is 0 Å². The van der Waals surface area contributed by atoms with Gasteiger partial charge in [0.1, 0.15) is 12.1 Å². The van der Waals surface area contributed by atoms with Crippen molar-refractivity contribution in [2.45, 2.75) is 43.5 Å². The van der Waals surface area contributed by atoms with Crippen LogP contribution >= 0.6 is 27.5 Å². The fourth-order valence-electron chi connectivity index (χ4n) is 2.02. The highest BCUT2D eigenvalue weighted by Gasteiger charge is 2.22. The smallest absolute Gasteiger partial charge is 0.144 e. The Kier molecular flexibility index (Phi) is 4.41. The SMILES string of the molecule is ClC1CCCCCC1Nc1ncncc1Br. The number of nitrogens with one attached hydrogen (secondary N) is 1. The molecule has 1 fully saturated rings. The summed E-state index contributed by atoms with van der Waals surface area (Å²) in [5.74, 6) is 0.840. The van der Waals surface area contributed by atoms with E-state index in [9.17, 15) is 0 Å². The number of alkyl halides is 1. The molecule has 1 aromatic heterocycles. The summed E-state index contributed by atoms with van der Waals surface area (Å²) in [6.45, 7) is 0. The second kappa shape index (κ2) is 5.82. The molecule has 1 aromatic rings. The van der Waals surface area contributed by atoms with Crippen LogP contribution in [-0.2, 0) is 0 Å². The molecule has 0 amide bonds. The van der Waals surface area contributed by atoms with Gasteiger partial charge in [0, 0.05) is 12.2 Å². The second-order valence-corrected chi connectivity index (χ2v) is 5.54. The van der Waals surface area contributed by atoms with E-state index in [-0.39, 0.29) is 5.38 Å². The van der Waals surface area contributed by atoms with Gasteiger partial charge in [0.25, 0.3) is 0 Å². The maximum absolute atomic E-state index is 6.37. The molecule has 2 unspecified atom stereocenters. The zero-order valence-corrected chi connectivity index (χ0v) is 11.3. The lowest BCUT2D eigenvalue weighted by molar-refractivity contribution is 0.624. The van der Waals surface area contributed by atoms with Crippen LogP contribution in [0.4, 0.5) is 5.82 Å². The van der Waals surface area contributed by atoms with E-state index in [4.69, 9.17) is 11.6 Å². The van der Waals surface area contributed by atoms with Gasteiger partial charge in [-0.25, -0.2) is 9.97 Å². The summed E-state index contributed by atoms with van der Waals surface area (Å²) in [5, 5.41) is 3.61. The van der Waals surface area contributed by atoms with Crippen LogP contribution in [0.1, 0.15) is 32.1 Å². The molecule has 5 heteroatoms. The summed E-state index contributed by atoms with van der Waals surface area (Å²) in [6.07, 6.45) is 9.25. The van der Waals surface area contributed by atoms with Crippen molar-refractivity contribution >= 4 is 33.3 Å². The molecule has 0 bridgehead atoms. The number of hydrogen-bond donors (Lipinski definition) is 1. The van der Waals surface area contributed by atoms with E-state index in [0.29, 0.717) is 6.04 Å². The zero-order valence-electron chi connectivity index (χ0n) is 9.00. The predicted octanol–water partition coefficient (Wildman–Crippen LogP) is 3.59. The zero-order chi connectivity index (χ0) is 11.4. The molecule has 1 N–H and O–H groups in total. The molecule has 1 aliphatic carbocycles. The van der Waals surface area contributed by atoms with Gasteiger partial charge in [-0.3, -0.25) is 0 Å². The highest BCUT2D eigenvalue weighted by Crippen LogP contribution is 2.26. The molecule has 0 radical (unpaired) electrons. The van der Waals surface area contributed by atoms with E-state index < -0.39 is 0 Å². The first kappa shape index (κ1) is 12.1. The van der Waals surface area contributed by atoms with Crippen molar-refractivity contribution < 1.29 is 0 Å². The Morgan fingerprint density at radius 3 is 2.94 bits per heavy atom. The molecule has 1 aliphatic rings. The van der Waals surface area contributed by atoms with Crippen LogP contribution in [0.25, 0.3) is 0 Å². The van der Waals surface area contributed by atoms with Crippen LogP contribution in [0, 0.1) is 0 Å². The van der Waals surface area contributed by atoms with Gasteiger partial charge < -0.3 is 5.32 Å². The normalized spacial score (nSPS) is 26.1. The number of nitrogens with zero attached hydrogens (tertiary/aromatic N) is 2. The molecule has 1 saturated carbocycles. The van der Waals surface area contributed by atoms with Gasteiger partial charge in [-0.05, 0) is 28.8 Å². The Balaban J connectivity index is 2.05. The molecule has 2 atom stereocenters. The standard InChI is InChI=1S/C11H15BrClN3/c12-8-6-14-7-15-11(8)16-10-5-3-1-2-4-9(10)13/h6-7,9-10H,1-5H2,(H,14,15,16). The molecule has 88 valence electrons. The minimum absolute atomic E-state index is 0.198. The van der Waals surface area contributed by atoms with Crippen LogP contribution in [0.3, 0.4) is 0 Å². The molecule has 3 nitrogen and oxygen atoms in total. The average molecular weight is 305 g/mol. The van der Waals surface area contributed by atoms with Gasteiger partial charge in [-0.1, -0.05) is 19.3 Å². The number of aromatic nitrogens is 2. The summed E-state index contributed by atoms with van der Waals surface area (Å²) in [7, 11) is 0. The first-order valence-corrected chi connectivity index (χ1v) is 6.86. The fourth-order valence-corrected chi connectivity index (χ4v) is 2.70. The number of hydrogen-bond acceptors (Lipinski definition) is 3. The largest absolute Gasteiger partial charge is 0.365 e. The lowest BCUT2D eigenvalue weighted by atomic mass is 10.1. The molecule has 16 heavy (non-hydrogen) atoms. The summed E-state index contributed by atoms with van der Waals surface area (Å²) >= 11 is 9.80. The van der Waals surface area contributed by atoms with E-state index in [1.54, 1.807) is 12.5 Å². The number of rotatable bonds is 2. The number of halogens is 2. The minimum atomic E-state index is 0.198. The molecule has 0 spiro atoms. The number of anilines is 1. The van der Waals surface area contributed by atoms with Crippen molar-refractivity contribution in [2.75, 3.05) is 5.32 Å². The first-order chi connectivity index (χ1) is 7.77. The molecular formula is C11H15BrClN3. The van der Waals surface area contributed by atoms with Crippen LogP contribution in [0.5, 0.6) is 0 Å². The Morgan fingerprint density at radius 2 is 2.12 bits per heavy atom. The lowest BCUT2D eigenvalue weighted by Crippen LogP contribution is -2.29. The average Bonchev–Trinajstić information content (AvgIpc) is 2.48. The van der Waals surface area contributed by atoms with Crippen molar-refractivity contribution in [3.05, 3.63) is 17.0 Å². The summed E-state index contributed by atoms with van der Waals surface area (Å²) in [5.41, 5.74) is 0. The topological polar surface area (TPSA) is 37.8 Å². The second-order valence-electron chi connectivity index (χ2n) is 4.12. The molecule has 0 aliphatic heterocycles. The molecule has 0 aromatic carbocycles. The minimum Gasteiger partial charge on any atom is -0.365 e. The van der Waals surface area contributed by atoms with Gasteiger partial charge in [0.05, 0.1) is 9.85 Å². The van der Waals surface area contributed by atoms with Crippen molar-refractivity contribution in [3.63, 3.8) is 0 Å². The van der Waals surface area contributed by atoms with Crippen LogP contribution in [0.15, 0.2) is 17.0 Å². The summed E-state index contributed by atoms with van der Waals surface area (Å²) in [4.78, 5) is 8.15. The quantitative estimate of drug-likeness (QED) is 0.670. The maximum atomic E-state index is 6.37. The highest BCUT2D eigenvalue weighted by molar-refractivity contribution is 9.10. The molecule has 2 rings (SSSR count).